The molecule has 0 fully saturated rings. The van der Waals surface area contributed by atoms with E-state index in [-0.39, 0.29) is 15.5 Å². The van der Waals surface area contributed by atoms with Gasteiger partial charge in [0.05, 0.1) is 6.42 Å². The quantitative estimate of drug-likeness (QED) is 0.483. The molecule has 0 heterocycles. The number of hydrogen-bond donors (Lipinski definition) is 0. The number of halogens is 5. The summed E-state index contributed by atoms with van der Waals surface area (Å²) in [6.45, 7) is -3.11. The van der Waals surface area contributed by atoms with Crippen LogP contribution >= 0.6 is 35.2 Å². The van der Waals surface area contributed by atoms with Crippen molar-refractivity contribution in [1.29, 1.82) is 0 Å². The Balaban J connectivity index is 2.73. The fourth-order valence-electron chi connectivity index (χ4n) is 1.12. The molecule has 0 aromatic heterocycles. The molecule has 0 aliphatic carbocycles. The lowest BCUT2D eigenvalue weighted by atomic mass is 10.1. The van der Waals surface area contributed by atoms with Crippen LogP contribution in [0.2, 0.25) is 5.02 Å². The minimum Gasteiger partial charge on any atom is -0.273 e. The molecule has 0 saturated carbocycles. The summed E-state index contributed by atoms with van der Waals surface area (Å²) in [7, 11) is 0. The van der Waals surface area contributed by atoms with Gasteiger partial charge < -0.3 is 0 Å². The van der Waals surface area contributed by atoms with Crippen molar-refractivity contribution >= 4 is 41.1 Å². The highest BCUT2D eigenvalue weighted by molar-refractivity contribution is 6.33. The zero-order valence-corrected chi connectivity index (χ0v) is 10.6. The van der Waals surface area contributed by atoms with E-state index in [2.05, 4.69) is 0 Å². The second-order valence-corrected chi connectivity index (χ2v) is 4.28. The van der Waals surface area contributed by atoms with Crippen LogP contribution in [-0.2, 0) is 11.2 Å². The molecule has 0 bridgehead atoms. The molecule has 0 unspecified atom stereocenters. The fraction of sp³-hybridized carbons (Fsp3) is 0.222. The van der Waals surface area contributed by atoms with E-state index in [4.69, 9.17) is 35.2 Å². The first-order chi connectivity index (χ1) is 7.91. The zero-order valence-electron chi connectivity index (χ0n) is 8.29. The molecule has 1 rings (SSSR count). The van der Waals surface area contributed by atoms with Crippen LogP contribution in [0.5, 0.6) is 0 Å². The lowest BCUT2D eigenvalue weighted by molar-refractivity contribution is -0.157. The Hall–Kier alpha value is -0.620. The number of nitrogens with zero attached hydrogens (tertiary/aromatic N) is 2. The first-order valence-electron chi connectivity index (χ1n) is 4.38. The van der Waals surface area contributed by atoms with Gasteiger partial charge in [0.1, 0.15) is 0 Å². The molecular formula is C9H7Cl3F2N2O. The number of rotatable bonds is 4. The third kappa shape index (κ3) is 4.27. The standard InChI is InChI=1S/C9H7Cl3F2N2O/c10-7-3-1-6(2-4-7)5-8(17)15(9(13)14)16(11)12/h1-4,9H,5H2. The summed E-state index contributed by atoms with van der Waals surface area (Å²) in [6, 6.07) is 6.21. The molecule has 0 radical (unpaired) electrons. The van der Waals surface area contributed by atoms with Crippen LogP contribution in [0.1, 0.15) is 5.56 Å². The number of alkyl halides is 2. The van der Waals surface area contributed by atoms with Crippen molar-refractivity contribution in [2.45, 2.75) is 13.0 Å². The van der Waals surface area contributed by atoms with Gasteiger partial charge in [0.25, 0.3) is 0 Å². The monoisotopic (exact) mass is 302 g/mol. The van der Waals surface area contributed by atoms with Gasteiger partial charge in [0.2, 0.25) is 5.91 Å². The van der Waals surface area contributed by atoms with E-state index in [1.165, 1.54) is 0 Å². The predicted molar refractivity (Wildman–Crippen MR) is 61.6 cm³/mol. The molecular weight excluding hydrogens is 296 g/mol. The lowest BCUT2D eigenvalue weighted by Crippen LogP contribution is -2.41. The van der Waals surface area contributed by atoms with Gasteiger partial charge >= 0.3 is 6.55 Å². The molecule has 8 heteroatoms. The van der Waals surface area contributed by atoms with Gasteiger partial charge in [-0.15, -0.1) is 0 Å². The maximum absolute atomic E-state index is 12.4. The summed E-state index contributed by atoms with van der Waals surface area (Å²) < 4.78 is 24.9. The van der Waals surface area contributed by atoms with Crippen LogP contribution < -0.4 is 0 Å². The Morgan fingerprint density at radius 2 is 1.76 bits per heavy atom. The van der Waals surface area contributed by atoms with Crippen molar-refractivity contribution in [1.82, 2.24) is 9.06 Å². The Morgan fingerprint density at radius 1 is 1.24 bits per heavy atom. The third-order valence-corrected chi connectivity index (χ3v) is 2.45. The summed E-state index contributed by atoms with van der Waals surface area (Å²) in [6.07, 6.45) is -0.253. The Kier molecular flexibility index (Phi) is 5.39. The molecule has 1 aromatic carbocycles. The molecule has 0 aliphatic rings. The first-order valence-corrected chi connectivity index (χ1v) is 5.43. The molecule has 0 spiro atoms. The number of hydrazine groups is 1. The van der Waals surface area contributed by atoms with Crippen molar-refractivity contribution < 1.29 is 13.6 Å². The molecule has 0 N–H and O–H groups in total. The SMILES string of the molecule is O=C(Cc1ccc(Cl)cc1)N(C(F)F)N(Cl)Cl. The third-order valence-electron chi connectivity index (χ3n) is 1.87. The minimum absolute atomic E-state index is 0.0168. The van der Waals surface area contributed by atoms with E-state index in [1.54, 1.807) is 24.3 Å². The highest BCUT2D eigenvalue weighted by Crippen LogP contribution is 2.17. The molecule has 3 nitrogen and oxygen atoms in total. The highest BCUT2D eigenvalue weighted by Gasteiger charge is 2.27. The fourth-order valence-corrected chi connectivity index (χ4v) is 1.54. The Labute approximate surface area is 112 Å². The Bertz CT molecular complexity index is 378. The van der Waals surface area contributed by atoms with Crippen LogP contribution in [0.15, 0.2) is 24.3 Å². The van der Waals surface area contributed by atoms with Crippen LogP contribution in [0.4, 0.5) is 8.78 Å². The molecule has 0 atom stereocenters. The van der Waals surface area contributed by atoms with Crippen molar-refractivity contribution in [2.24, 2.45) is 0 Å². The number of amides is 1. The summed E-state index contributed by atoms with van der Waals surface area (Å²) in [5.74, 6) is -0.924. The van der Waals surface area contributed by atoms with Crippen LogP contribution in [0.25, 0.3) is 0 Å². The van der Waals surface area contributed by atoms with Crippen molar-refractivity contribution in [3.05, 3.63) is 34.9 Å². The Morgan fingerprint density at radius 3 is 2.18 bits per heavy atom. The molecule has 0 aliphatic heterocycles. The second-order valence-electron chi connectivity index (χ2n) is 3.03. The molecule has 17 heavy (non-hydrogen) atoms. The molecule has 0 saturated heterocycles. The van der Waals surface area contributed by atoms with Gasteiger partial charge in [0.15, 0.2) is 0 Å². The van der Waals surface area contributed by atoms with Gasteiger partial charge in [-0.05, 0) is 21.7 Å². The minimum atomic E-state index is -3.11. The van der Waals surface area contributed by atoms with E-state index < -0.39 is 12.5 Å². The van der Waals surface area contributed by atoms with Gasteiger partial charge in [-0.25, -0.2) is 0 Å². The van der Waals surface area contributed by atoms with Gasteiger partial charge in [-0.3, -0.25) is 4.79 Å². The zero-order chi connectivity index (χ0) is 13.0. The van der Waals surface area contributed by atoms with E-state index in [9.17, 15) is 13.6 Å². The lowest BCUT2D eigenvalue weighted by Gasteiger charge is -2.22. The smallest absolute Gasteiger partial charge is 0.273 e. The van der Waals surface area contributed by atoms with E-state index in [0.29, 0.717) is 10.6 Å². The number of carbonyl (C=O) groups excluding carboxylic acids is 1. The maximum Gasteiger partial charge on any atom is 0.332 e. The number of benzene rings is 1. The van der Waals surface area contributed by atoms with Crippen LogP contribution in [0.3, 0.4) is 0 Å². The summed E-state index contributed by atoms with van der Waals surface area (Å²) in [5, 5.41) is 0.431. The highest BCUT2D eigenvalue weighted by atomic mass is 35.5. The molecule has 1 aromatic rings. The summed E-state index contributed by atoms with van der Waals surface area (Å²) in [4.78, 5) is 11.5. The average Bonchev–Trinajstić information content (AvgIpc) is 2.20. The molecule has 1 amide bonds. The van der Waals surface area contributed by atoms with Gasteiger partial charge in [-0.2, -0.15) is 13.8 Å². The topological polar surface area (TPSA) is 23.6 Å². The average molecular weight is 304 g/mol. The summed E-state index contributed by atoms with van der Waals surface area (Å²) >= 11 is 15.9. The summed E-state index contributed by atoms with van der Waals surface area (Å²) in [5.41, 5.74) is 0.528. The van der Waals surface area contributed by atoms with E-state index >= 15 is 0 Å². The van der Waals surface area contributed by atoms with Crippen molar-refractivity contribution in [2.75, 3.05) is 0 Å². The molecule has 94 valence electrons. The van der Waals surface area contributed by atoms with Gasteiger partial charge in [0, 0.05) is 28.6 Å². The first kappa shape index (κ1) is 14.4. The number of carbonyl (C=O) groups is 1. The van der Waals surface area contributed by atoms with E-state index in [0.717, 1.165) is 0 Å². The van der Waals surface area contributed by atoms with Crippen LogP contribution in [0, 0.1) is 0 Å². The van der Waals surface area contributed by atoms with Crippen LogP contribution in [-0.4, -0.2) is 21.5 Å². The predicted octanol–water partition coefficient (Wildman–Crippen LogP) is 3.46. The maximum atomic E-state index is 12.4. The second kappa shape index (κ2) is 6.35. The van der Waals surface area contributed by atoms with Gasteiger partial charge in [-0.1, -0.05) is 23.7 Å². The number of hydrogen-bond acceptors (Lipinski definition) is 2. The van der Waals surface area contributed by atoms with Crippen molar-refractivity contribution in [3.63, 3.8) is 0 Å². The van der Waals surface area contributed by atoms with E-state index in [1.807, 2.05) is 0 Å². The van der Waals surface area contributed by atoms with Crippen molar-refractivity contribution in [3.8, 4) is 0 Å². The normalized spacial score (nSPS) is 11.0. The largest absolute Gasteiger partial charge is 0.332 e.